The Morgan fingerprint density at radius 3 is 2.31 bits per heavy atom. The van der Waals surface area contributed by atoms with E-state index in [2.05, 4.69) is 0 Å². The molecule has 1 aliphatic rings. The molecule has 13 heavy (non-hydrogen) atoms. The van der Waals surface area contributed by atoms with E-state index in [4.69, 9.17) is 10.2 Å². The van der Waals surface area contributed by atoms with Crippen LogP contribution < -0.4 is 0 Å². The fraction of sp³-hybridized carbons (Fsp3) is 0.750. The molecule has 74 valence electrons. The molecule has 0 aromatic heterocycles. The van der Waals surface area contributed by atoms with Gasteiger partial charge in [-0.05, 0) is 12.8 Å². The zero-order chi connectivity index (χ0) is 9.84. The molecule has 0 aromatic carbocycles. The summed E-state index contributed by atoms with van der Waals surface area (Å²) < 4.78 is 0. The van der Waals surface area contributed by atoms with Crippen molar-refractivity contribution in [3.05, 3.63) is 0 Å². The van der Waals surface area contributed by atoms with Crippen molar-refractivity contribution in [2.45, 2.75) is 25.4 Å². The summed E-state index contributed by atoms with van der Waals surface area (Å²) in [6.07, 6.45) is 0.307. The predicted molar refractivity (Wildman–Crippen MR) is 44.1 cm³/mol. The summed E-state index contributed by atoms with van der Waals surface area (Å²) in [7, 11) is 0. The minimum absolute atomic E-state index is 0.339. The molecular weight excluding hydrogens is 174 g/mol. The summed E-state index contributed by atoms with van der Waals surface area (Å²) in [6, 6.07) is 0. The molecule has 0 aromatic rings. The molecule has 1 aliphatic heterocycles. The molecule has 1 heterocycles. The van der Waals surface area contributed by atoms with E-state index < -0.39 is 12.4 Å². The van der Waals surface area contributed by atoms with Crippen LogP contribution in [0.3, 0.4) is 0 Å². The molecular formula is C8H13NO4. The number of aliphatic hydroxyl groups excluding tert-OH is 1. The third-order valence-corrected chi connectivity index (χ3v) is 2.12. The fourth-order valence-electron chi connectivity index (χ4n) is 1.36. The monoisotopic (exact) mass is 187 g/mol. The van der Waals surface area contributed by atoms with Gasteiger partial charge < -0.3 is 15.1 Å². The first-order valence-electron chi connectivity index (χ1n) is 4.27. The number of aliphatic carboxylic acids is 1. The van der Waals surface area contributed by atoms with Gasteiger partial charge in [-0.2, -0.15) is 0 Å². The van der Waals surface area contributed by atoms with Gasteiger partial charge in [0.1, 0.15) is 6.42 Å². The molecule has 1 amide bonds. The fourth-order valence-corrected chi connectivity index (χ4v) is 1.36. The molecule has 5 nitrogen and oxygen atoms in total. The van der Waals surface area contributed by atoms with E-state index in [1.54, 1.807) is 0 Å². The van der Waals surface area contributed by atoms with Crippen LogP contribution in [0.15, 0.2) is 0 Å². The second-order valence-corrected chi connectivity index (χ2v) is 3.18. The van der Waals surface area contributed by atoms with Gasteiger partial charge in [0.25, 0.3) is 0 Å². The lowest BCUT2D eigenvalue weighted by Crippen LogP contribution is -2.40. The Morgan fingerprint density at radius 2 is 1.85 bits per heavy atom. The second-order valence-electron chi connectivity index (χ2n) is 3.18. The molecule has 0 unspecified atom stereocenters. The van der Waals surface area contributed by atoms with Crippen molar-refractivity contribution >= 4 is 11.9 Å². The minimum atomic E-state index is -1.10. The summed E-state index contributed by atoms with van der Waals surface area (Å²) in [6.45, 7) is 0.931. The number of likely N-dealkylation sites (tertiary alicyclic amines) is 1. The minimum Gasteiger partial charge on any atom is -0.481 e. The number of amides is 1. The molecule has 0 aliphatic carbocycles. The van der Waals surface area contributed by atoms with Gasteiger partial charge in [0.2, 0.25) is 5.91 Å². The molecule has 1 fully saturated rings. The number of piperidine rings is 1. The third kappa shape index (κ3) is 3.02. The van der Waals surface area contributed by atoms with Gasteiger partial charge in [0.05, 0.1) is 6.10 Å². The van der Waals surface area contributed by atoms with Gasteiger partial charge >= 0.3 is 5.97 Å². The highest BCUT2D eigenvalue weighted by atomic mass is 16.4. The first-order chi connectivity index (χ1) is 6.09. The molecule has 1 rings (SSSR count). The van der Waals surface area contributed by atoms with E-state index in [0.717, 1.165) is 0 Å². The van der Waals surface area contributed by atoms with Gasteiger partial charge in [0.15, 0.2) is 0 Å². The Balaban J connectivity index is 2.36. The highest BCUT2D eigenvalue weighted by Crippen LogP contribution is 2.10. The zero-order valence-electron chi connectivity index (χ0n) is 7.27. The lowest BCUT2D eigenvalue weighted by Gasteiger charge is -2.29. The van der Waals surface area contributed by atoms with Gasteiger partial charge in [-0.3, -0.25) is 9.59 Å². The Kier molecular flexibility index (Phi) is 3.25. The molecule has 0 atom stereocenters. The molecule has 5 heteroatoms. The summed E-state index contributed by atoms with van der Waals surface area (Å²) in [5, 5.41) is 17.5. The number of carbonyl (C=O) groups excluding carboxylic acids is 1. The topological polar surface area (TPSA) is 77.8 Å². The number of rotatable bonds is 2. The number of aliphatic hydroxyl groups is 1. The average Bonchev–Trinajstić information content (AvgIpc) is 2.04. The number of carboxylic acids is 1. The number of carboxylic acid groups (broad SMARTS) is 1. The second kappa shape index (κ2) is 4.23. The summed E-state index contributed by atoms with van der Waals surface area (Å²) in [4.78, 5) is 22.9. The zero-order valence-corrected chi connectivity index (χ0v) is 7.27. The van der Waals surface area contributed by atoms with Crippen molar-refractivity contribution in [3.63, 3.8) is 0 Å². The van der Waals surface area contributed by atoms with Crippen LogP contribution in [-0.2, 0) is 9.59 Å². The predicted octanol–water partition coefficient (Wildman–Crippen LogP) is -0.556. The molecule has 0 spiro atoms. The van der Waals surface area contributed by atoms with Crippen molar-refractivity contribution in [2.24, 2.45) is 0 Å². The van der Waals surface area contributed by atoms with E-state index in [0.29, 0.717) is 25.9 Å². The maximum atomic E-state index is 11.2. The van der Waals surface area contributed by atoms with Crippen molar-refractivity contribution < 1.29 is 19.8 Å². The van der Waals surface area contributed by atoms with E-state index in [1.165, 1.54) is 4.90 Å². The van der Waals surface area contributed by atoms with Crippen LogP contribution in [0.1, 0.15) is 19.3 Å². The van der Waals surface area contributed by atoms with Crippen molar-refractivity contribution in [1.82, 2.24) is 4.90 Å². The van der Waals surface area contributed by atoms with Crippen LogP contribution in [0.2, 0.25) is 0 Å². The summed E-state index contributed by atoms with van der Waals surface area (Å²) in [5.74, 6) is -1.46. The van der Waals surface area contributed by atoms with Gasteiger partial charge in [-0.1, -0.05) is 0 Å². The first kappa shape index (κ1) is 9.98. The number of hydrogen-bond donors (Lipinski definition) is 2. The average molecular weight is 187 g/mol. The van der Waals surface area contributed by atoms with Crippen molar-refractivity contribution in [3.8, 4) is 0 Å². The summed E-state index contributed by atoms with van der Waals surface area (Å²) >= 11 is 0. The lowest BCUT2D eigenvalue weighted by atomic mass is 10.1. The maximum Gasteiger partial charge on any atom is 0.312 e. The summed E-state index contributed by atoms with van der Waals surface area (Å²) in [5.41, 5.74) is 0. The standard InChI is InChI=1S/C8H13NO4/c10-6-1-3-9(4-2-6)7(11)5-8(12)13/h6,10H,1-5H2,(H,12,13). The SMILES string of the molecule is O=C(O)CC(=O)N1CCC(O)CC1. The smallest absolute Gasteiger partial charge is 0.312 e. The van der Waals surface area contributed by atoms with E-state index in [1.807, 2.05) is 0 Å². The van der Waals surface area contributed by atoms with Crippen LogP contribution >= 0.6 is 0 Å². The van der Waals surface area contributed by atoms with Crippen molar-refractivity contribution in [2.75, 3.05) is 13.1 Å². The van der Waals surface area contributed by atoms with Crippen molar-refractivity contribution in [1.29, 1.82) is 0 Å². The van der Waals surface area contributed by atoms with Crippen LogP contribution in [0.4, 0.5) is 0 Å². The normalized spacial score (nSPS) is 18.7. The molecule has 0 bridgehead atoms. The van der Waals surface area contributed by atoms with Gasteiger partial charge in [-0.25, -0.2) is 0 Å². The third-order valence-electron chi connectivity index (χ3n) is 2.12. The Labute approximate surface area is 76.0 Å². The first-order valence-corrected chi connectivity index (χ1v) is 4.27. The van der Waals surface area contributed by atoms with Crippen LogP contribution in [-0.4, -0.2) is 46.2 Å². The highest BCUT2D eigenvalue weighted by molar-refractivity contribution is 5.93. The largest absolute Gasteiger partial charge is 0.481 e. The number of carbonyl (C=O) groups is 2. The van der Waals surface area contributed by atoms with Gasteiger partial charge in [0, 0.05) is 13.1 Å². The molecule has 1 saturated heterocycles. The van der Waals surface area contributed by atoms with E-state index >= 15 is 0 Å². The van der Waals surface area contributed by atoms with Crippen LogP contribution in [0.5, 0.6) is 0 Å². The number of hydrogen-bond acceptors (Lipinski definition) is 3. The van der Waals surface area contributed by atoms with Gasteiger partial charge in [-0.15, -0.1) is 0 Å². The highest BCUT2D eigenvalue weighted by Gasteiger charge is 2.22. The Morgan fingerprint density at radius 1 is 1.31 bits per heavy atom. The Bertz CT molecular complexity index is 208. The van der Waals surface area contributed by atoms with Crippen LogP contribution in [0.25, 0.3) is 0 Å². The number of nitrogens with zero attached hydrogens (tertiary/aromatic N) is 1. The molecule has 0 saturated carbocycles. The lowest BCUT2D eigenvalue weighted by molar-refractivity contribution is -0.145. The van der Waals surface area contributed by atoms with E-state index in [-0.39, 0.29) is 12.0 Å². The van der Waals surface area contributed by atoms with Crippen LogP contribution in [0, 0.1) is 0 Å². The quantitative estimate of drug-likeness (QED) is 0.568. The Hall–Kier alpha value is -1.10. The van der Waals surface area contributed by atoms with E-state index in [9.17, 15) is 9.59 Å². The molecule has 0 radical (unpaired) electrons. The molecule has 2 N–H and O–H groups in total. The maximum absolute atomic E-state index is 11.2.